The Bertz CT molecular complexity index is 251. The summed E-state index contributed by atoms with van der Waals surface area (Å²) in [6, 6.07) is 0. The van der Waals surface area contributed by atoms with Gasteiger partial charge in [-0.15, -0.1) is 0 Å². The topological polar surface area (TPSA) is 17.8 Å². The lowest BCUT2D eigenvalue weighted by atomic mass is 10.3. The molecule has 1 aromatic heterocycles. The first-order valence-corrected chi connectivity index (χ1v) is 3.58. The Morgan fingerprint density at radius 1 is 1.50 bits per heavy atom. The van der Waals surface area contributed by atoms with E-state index >= 15 is 0 Å². The van der Waals surface area contributed by atoms with Crippen LogP contribution in [0.3, 0.4) is 0 Å². The van der Waals surface area contributed by atoms with Gasteiger partial charge in [0.15, 0.2) is 0 Å². The molecule has 0 aliphatic heterocycles. The van der Waals surface area contributed by atoms with E-state index in [9.17, 15) is 13.2 Å². The summed E-state index contributed by atoms with van der Waals surface area (Å²) in [5.74, 6) is 0. The van der Waals surface area contributed by atoms with Gasteiger partial charge in [-0.05, 0) is 6.92 Å². The lowest BCUT2D eigenvalue weighted by Gasteiger charge is -2.07. The third kappa shape index (κ3) is 2.25. The van der Waals surface area contributed by atoms with Crippen LogP contribution in [0.1, 0.15) is 12.6 Å². The molecule has 0 atom stereocenters. The van der Waals surface area contributed by atoms with Crippen LogP contribution in [0.2, 0.25) is 0 Å². The molecule has 0 aliphatic rings. The second-order valence-electron chi connectivity index (χ2n) is 2.46. The number of rotatable bonds is 2. The summed E-state index contributed by atoms with van der Waals surface area (Å²) < 4.78 is 37.2. The average molecular weight is 178 g/mol. The maximum atomic E-state index is 11.9. The third-order valence-electron chi connectivity index (χ3n) is 1.52. The molecule has 2 nitrogen and oxygen atoms in total. The number of alkyl halides is 3. The van der Waals surface area contributed by atoms with Crippen LogP contribution in [-0.2, 0) is 13.0 Å². The van der Waals surface area contributed by atoms with E-state index in [0.717, 1.165) is 0 Å². The van der Waals surface area contributed by atoms with Crippen molar-refractivity contribution in [1.82, 2.24) is 9.55 Å². The fraction of sp³-hybridized carbons (Fsp3) is 0.571. The molecule has 0 N–H and O–H groups in total. The van der Waals surface area contributed by atoms with Gasteiger partial charge in [0.1, 0.15) is 0 Å². The second-order valence-corrected chi connectivity index (χ2v) is 2.46. The minimum Gasteiger partial charge on any atom is -0.335 e. The van der Waals surface area contributed by atoms with Crippen LogP contribution in [-0.4, -0.2) is 15.7 Å². The Labute approximate surface area is 68.0 Å². The highest BCUT2D eigenvalue weighted by Crippen LogP contribution is 2.20. The summed E-state index contributed by atoms with van der Waals surface area (Å²) in [4.78, 5) is 3.64. The molecule has 5 heteroatoms. The van der Waals surface area contributed by atoms with Gasteiger partial charge in [0.2, 0.25) is 0 Å². The largest absolute Gasteiger partial charge is 0.394 e. The fourth-order valence-electron chi connectivity index (χ4n) is 0.985. The van der Waals surface area contributed by atoms with Gasteiger partial charge < -0.3 is 4.57 Å². The summed E-state index contributed by atoms with van der Waals surface area (Å²) in [6.07, 6.45) is -2.40. The Balaban J connectivity index is 2.75. The summed E-state index contributed by atoms with van der Waals surface area (Å²) in [5.41, 5.74) is 0.213. The van der Waals surface area contributed by atoms with Gasteiger partial charge in [0.25, 0.3) is 0 Å². The van der Waals surface area contributed by atoms with Gasteiger partial charge in [-0.3, -0.25) is 0 Å². The van der Waals surface area contributed by atoms with E-state index in [1.807, 2.05) is 0 Å². The van der Waals surface area contributed by atoms with Crippen molar-refractivity contribution >= 4 is 0 Å². The van der Waals surface area contributed by atoms with Crippen molar-refractivity contribution in [3.63, 3.8) is 0 Å². The molecule has 0 amide bonds. The zero-order valence-corrected chi connectivity index (χ0v) is 6.60. The van der Waals surface area contributed by atoms with Crippen molar-refractivity contribution in [2.75, 3.05) is 0 Å². The third-order valence-corrected chi connectivity index (χ3v) is 1.52. The lowest BCUT2D eigenvalue weighted by molar-refractivity contribution is -0.128. The van der Waals surface area contributed by atoms with Crippen molar-refractivity contribution in [2.45, 2.75) is 26.1 Å². The highest BCUT2D eigenvalue weighted by molar-refractivity contribution is 4.99. The highest BCUT2D eigenvalue weighted by atomic mass is 19.4. The van der Waals surface area contributed by atoms with Gasteiger partial charge >= 0.3 is 6.18 Å². The van der Waals surface area contributed by atoms with Crippen LogP contribution in [0.25, 0.3) is 0 Å². The van der Waals surface area contributed by atoms with Crippen molar-refractivity contribution in [2.24, 2.45) is 0 Å². The van der Waals surface area contributed by atoms with E-state index in [1.165, 1.54) is 17.1 Å². The highest BCUT2D eigenvalue weighted by Gasteiger charge is 2.29. The number of nitrogens with zero attached hydrogens (tertiary/aromatic N) is 2. The first kappa shape index (κ1) is 9.09. The van der Waals surface area contributed by atoms with Crippen LogP contribution in [0, 0.1) is 0 Å². The predicted octanol–water partition coefficient (Wildman–Crippen LogP) is 2.01. The lowest BCUT2D eigenvalue weighted by Crippen LogP contribution is -2.14. The molecule has 0 saturated heterocycles. The molecule has 68 valence electrons. The first-order chi connectivity index (χ1) is 5.53. The van der Waals surface area contributed by atoms with Crippen molar-refractivity contribution in [1.29, 1.82) is 0 Å². The Morgan fingerprint density at radius 3 is 2.67 bits per heavy atom. The number of aryl methyl sites for hydroxylation is 1. The van der Waals surface area contributed by atoms with Crippen LogP contribution in [0.4, 0.5) is 13.2 Å². The zero-order chi connectivity index (χ0) is 9.19. The van der Waals surface area contributed by atoms with Crippen molar-refractivity contribution in [3.05, 3.63) is 18.2 Å². The van der Waals surface area contributed by atoms with E-state index in [1.54, 1.807) is 6.92 Å². The van der Waals surface area contributed by atoms with E-state index in [4.69, 9.17) is 0 Å². The number of hydrogen-bond donors (Lipinski definition) is 0. The fourth-order valence-corrected chi connectivity index (χ4v) is 0.985. The molecular formula is C7H9F3N2. The molecule has 12 heavy (non-hydrogen) atoms. The van der Waals surface area contributed by atoms with Crippen molar-refractivity contribution in [3.8, 4) is 0 Å². The number of aromatic nitrogens is 2. The Morgan fingerprint density at radius 2 is 2.17 bits per heavy atom. The van der Waals surface area contributed by atoms with Gasteiger partial charge in [-0.25, -0.2) is 4.98 Å². The molecule has 0 saturated carbocycles. The van der Waals surface area contributed by atoms with E-state index < -0.39 is 12.6 Å². The molecule has 0 aliphatic carbocycles. The van der Waals surface area contributed by atoms with E-state index in [0.29, 0.717) is 6.54 Å². The quantitative estimate of drug-likeness (QED) is 0.677. The van der Waals surface area contributed by atoms with Crippen LogP contribution in [0.5, 0.6) is 0 Å². The molecule has 0 radical (unpaired) electrons. The van der Waals surface area contributed by atoms with Gasteiger partial charge in [-0.2, -0.15) is 13.2 Å². The summed E-state index contributed by atoms with van der Waals surface area (Å²) in [6.45, 7) is 2.30. The van der Waals surface area contributed by atoms with E-state index in [2.05, 4.69) is 4.98 Å². The first-order valence-electron chi connectivity index (χ1n) is 3.58. The van der Waals surface area contributed by atoms with E-state index in [-0.39, 0.29) is 5.69 Å². The molecule has 0 bridgehead atoms. The molecule has 1 rings (SSSR count). The molecular weight excluding hydrogens is 169 g/mol. The van der Waals surface area contributed by atoms with Crippen LogP contribution < -0.4 is 0 Å². The molecule has 0 unspecified atom stereocenters. The van der Waals surface area contributed by atoms with Crippen LogP contribution in [0.15, 0.2) is 12.5 Å². The minimum atomic E-state index is -4.15. The minimum absolute atomic E-state index is 0.213. The summed E-state index contributed by atoms with van der Waals surface area (Å²) in [7, 11) is 0. The standard InChI is InChI=1S/C7H9F3N2/c1-2-12-5-11-4-6(12)3-7(8,9)10/h4-5H,2-3H2,1H3. The molecule has 0 spiro atoms. The maximum Gasteiger partial charge on any atom is 0.394 e. The number of halogens is 3. The van der Waals surface area contributed by atoms with Gasteiger partial charge in [0, 0.05) is 18.4 Å². The zero-order valence-electron chi connectivity index (χ0n) is 6.60. The summed E-state index contributed by atoms with van der Waals surface area (Å²) in [5, 5.41) is 0. The molecule has 1 heterocycles. The second kappa shape index (κ2) is 3.16. The average Bonchev–Trinajstić information content (AvgIpc) is 2.31. The molecule has 0 aromatic carbocycles. The number of hydrogen-bond acceptors (Lipinski definition) is 1. The van der Waals surface area contributed by atoms with Gasteiger partial charge in [-0.1, -0.05) is 0 Å². The molecule has 1 aromatic rings. The Kier molecular flexibility index (Phi) is 2.40. The maximum absolute atomic E-state index is 11.9. The number of imidazole rings is 1. The normalized spacial score (nSPS) is 12.0. The summed E-state index contributed by atoms with van der Waals surface area (Å²) >= 11 is 0. The Hall–Kier alpha value is -1.00. The predicted molar refractivity (Wildman–Crippen MR) is 37.7 cm³/mol. The van der Waals surface area contributed by atoms with Gasteiger partial charge in [0.05, 0.1) is 12.7 Å². The smallest absolute Gasteiger partial charge is 0.335 e. The molecule has 0 fully saturated rings. The SMILES string of the molecule is CCn1cncc1CC(F)(F)F. The van der Waals surface area contributed by atoms with Crippen molar-refractivity contribution < 1.29 is 13.2 Å². The van der Waals surface area contributed by atoms with Crippen LogP contribution >= 0.6 is 0 Å². The monoisotopic (exact) mass is 178 g/mol.